The quantitative estimate of drug-likeness (QED) is 0.676. The molecule has 0 spiro atoms. The van der Waals surface area contributed by atoms with Gasteiger partial charge in [-0.3, -0.25) is 9.59 Å². The van der Waals surface area contributed by atoms with Crippen molar-refractivity contribution in [3.8, 4) is 0 Å². The van der Waals surface area contributed by atoms with Gasteiger partial charge in [-0.25, -0.2) is 8.78 Å². The normalized spacial score (nSPS) is 50.1. The summed E-state index contributed by atoms with van der Waals surface area (Å²) in [6, 6.07) is 0. The average molecular weight is 423 g/mol. The van der Waals surface area contributed by atoms with Gasteiger partial charge < -0.3 is 9.84 Å². The Morgan fingerprint density at radius 1 is 1.30 bits per heavy atom. The molecule has 166 valence electrons. The summed E-state index contributed by atoms with van der Waals surface area (Å²) in [6.45, 7) is 8.89. The number of alkyl halides is 2. The number of hydrogen-bond donors (Lipinski definition) is 1. The van der Waals surface area contributed by atoms with Crippen LogP contribution in [-0.4, -0.2) is 40.9 Å². The van der Waals surface area contributed by atoms with Crippen LogP contribution in [0.15, 0.2) is 23.3 Å². The molecule has 0 aliphatic heterocycles. The van der Waals surface area contributed by atoms with Gasteiger partial charge in [0.05, 0.1) is 6.10 Å². The van der Waals surface area contributed by atoms with Gasteiger partial charge in [0.15, 0.2) is 11.5 Å². The molecule has 0 radical (unpaired) electrons. The van der Waals surface area contributed by atoms with Crippen molar-refractivity contribution in [2.75, 3.05) is 0 Å². The SMILES string of the molecule is CCC(=O)O[C@H]1[C@H](C)C[C@H]2[C@@H]3C[C@H](F)C4=CC(=O)C(C)=C[C@]4(C)[C@@]3(F)[C@@H](O)C[C@@]21C. The highest BCUT2D eigenvalue weighted by atomic mass is 19.1. The Kier molecular flexibility index (Phi) is 4.85. The highest BCUT2D eigenvalue weighted by molar-refractivity contribution is 6.05. The Bertz CT molecular complexity index is 850. The fourth-order valence-corrected chi connectivity index (χ4v) is 7.28. The molecule has 0 aromatic heterocycles. The number of ether oxygens (including phenoxy) is 1. The minimum Gasteiger partial charge on any atom is -0.461 e. The second kappa shape index (κ2) is 6.72. The number of allylic oxidation sites excluding steroid dienone is 4. The van der Waals surface area contributed by atoms with Crippen LogP contribution in [0.2, 0.25) is 0 Å². The van der Waals surface area contributed by atoms with Crippen LogP contribution in [0.5, 0.6) is 0 Å². The van der Waals surface area contributed by atoms with Crippen molar-refractivity contribution in [2.24, 2.45) is 28.6 Å². The Morgan fingerprint density at radius 2 is 1.97 bits per heavy atom. The van der Waals surface area contributed by atoms with E-state index >= 15 is 8.78 Å². The first kappa shape index (κ1) is 21.7. The first-order valence-electron chi connectivity index (χ1n) is 11.1. The van der Waals surface area contributed by atoms with Crippen molar-refractivity contribution >= 4 is 11.8 Å². The van der Waals surface area contributed by atoms with Crippen molar-refractivity contribution in [2.45, 2.75) is 84.4 Å². The number of esters is 1. The lowest BCUT2D eigenvalue weighted by atomic mass is 9.45. The molecule has 0 aromatic rings. The van der Waals surface area contributed by atoms with Crippen molar-refractivity contribution in [3.05, 3.63) is 23.3 Å². The molecule has 30 heavy (non-hydrogen) atoms. The number of halogens is 2. The van der Waals surface area contributed by atoms with Gasteiger partial charge in [0, 0.05) is 23.2 Å². The second-order valence-electron chi connectivity index (χ2n) is 10.4. The molecule has 3 saturated carbocycles. The lowest BCUT2D eigenvalue weighted by Crippen LogP contribution is -2.68. The minimum atomic E-state index is -2.09. The van der Waals surface area contributed by atoms with Crippen LogP contribution < -0.4 is 0 Å². The molecule has 1 N–H and O–H groups in total. The standard InChI is InChI=1S/C24H32F2O4/c1-6-20(29)30-21-12(2)7-14-15-8-17(25)16-9-18(27)13(3)10-23(16,5)24(15,26)19(28)11-22(14,21)4/h9-10,12,14-15,17,19,21,28H,6-8,11H2,1-5H3/t12-,14+,15+,17+,19+,21+,22+,23+,24+/m1/s1. The van der Waals surface area contributed by atoms with Crippen LogP contribution in [0, 0.1) is 28.6 Å². The van der Waals surface area contributed by atoms with E-state index in [1.165, 1.54) is 12.2 Å². The van der Waals surface area contributed by atoms with E-state index in [9.17, 15) is 14.7 Å². The molecule has 4 rings (SSSR count). The van der Waals surface area contributed by atoms with Gasteiger partial charge in [0.1, 0.15) is 12.3 Å². The summed E-state index contributed by atoms with van der Waals surface area (Å²) >= 11 is 0. The number of carbonyl (C=O) groups is 2. The Hall–Kier alpha value is -1.56. The van der Waals surface area contributed by atoms with Crippen LogP contribution in [0.4, 0.5) is 8.78 Å². The number of aliphatic hydroxyl groups excluding tert-OH is 1. The van der Waals surface area contributed by atoms with Crippen molar-refractivity contribution in [1.82, 2.24) is 0 Å². The van der Waals surface area contributed by atoms with Gasteiger partial charge in [-0.05, 0) is 62.2 Å². The molecule has 0 bridgehead atoms. The Balaban J connectivity index is 1.80. The first-order valence-corrected chi connectivity index (χ1v) is 11.1. The molecule has 0 heterocycles. The van der Waals surface area contributed by atoms with Crippen LogP contribution in [0.25, 0.3) is 0 Å². The van der Waals surface area contributed by atoms with Gasteiger partial charge in [0.2, 0.25) is 0 Å². The third-order valence-electron chi connectivity index (χ3n) is 8.70. The van der Waals surface area contributed by atoms with E-state index in [1.807, 2.05) is 13.8 Å². The summed E-state index contributed by atoms with van der Waals surface area (Å²) in [7, 11) is 0. The maximum Gasteiger partial charge on any atom is 0.305 e. The average Bonchev–Trinajstić information content (AvgIpc) is 2.91. The molecule has 0 unspecified atom stereocenters. The maximum absolute atomic E-state index is 17.1. The molecular formula is C24H32F2O4. The summed E-state index contributed by atoms with van der Waals surface area (Å²) < 4.78 is 38.2. The van der Waals surface area contributed by atoms with Crippen LogP contribution in [0.3, 0.4) is 0 Å². The van der Waals surface area contributed by atoms with Crippen molar-refractivity contribution in [3.63, 3.8) is 0 Å². The third kappa shape index (κ3) is 2.58. The van der Waals surface area contributed by atoms with E-state index < -0.39 is 40.8 Å². The van der Waals surface area contributed by atoms with Crippen LogP contribution in [0.1, 0.15) is 60.3 Å². The van der Waals surface area contributed by atoms with E-state index in [0.29, 0.717) is 12.0 Å². The summed E-state index contributed by atoms with van der Waals surface area (Å²) in [6.07, 6.45) is 0.471. The minimum absolute atomic E-state index is 0.00179. The largest absolute Gasteiger partial charge is 0.461 e. The number of carbonyl (C=O) groups excluding carboxylic acids is 2. The fraction of sp³-hybridized carbons (Fsp3) is 0.750. The zero-order valence-electron chi connectivity index (χ0n) is 18.4. The van der Waals surface area contributed by atoms with E-state index in [-0.39, 0.29) is 48.4 Å². The van der Waals surface area contributed by atoms with E-state index in [1.54, 1.807) is 20.8 Å². The van der Waals surface area contributed by atoms with E-state index in [2.05, 4.69) is 0 Å². The number of fused-ring (bicyclic) bond motifs is 5. The second-order valence-corrected chi connectivity index (χ2v) is 10.4. The third-order valence-corrected chi connectivity index (χ3v) is 8.70. The molecule has 9 atom stereocenters. The summed E-state index contributed by atoms with van der Waals surface area (Å²) in [5.74, 6) is -1.57. The zero-order chi connectivity index (χ0) is 22.2. The molecule has 3 fully saturated rings. The molecule has 4 aliphatic rings. The number of ketones is 1. The zero-order valence-corrected chi connectivity index (χ0v) is 18.4. The monoisotopic (exact) mass is 422 g/mol. The highest BCUT2D eigenvalue weighted by Gasteiger charge is 2.73. The lowest BCUT2D eigenvalue weighted by molar-refractivity contribution is -0.212. The van der Waals surface area contributed by atoms with Crippen LogP contribution >= 0.6 is 0 Å². The van der Waals surface area contributed by atoms with E-state index in [0.717, 1.165) is 0 Å². The molecule has 6 heteroatoms. The Labute approximate surface area is 176 Å². The van der Waals surface area contributed by atoms with Gasteiger partial charge in [-0.15, -0.1) is 0 Å². The topological polar surface area (TPSA) is 63.6 Å². The number of hydrogen-bond acceptors (Lipinski definition) is 4. The molecule has 0 amide bonds. The highest BCUT2D eigenvalue weighted by Crippen LogP contribution is 2.69. The molecule has 4 nitrogen and oxygen atoms in total. The van der Waals surface area contributed by atoms with Crippen molar-refractivity contribution in [1.29, 1.82) is 0 Å². The van der Waals surface area contributed by atoms with Gasteiger partial charge >= 0.3 is 5.97 Å². The smallest absolute Gasteiger partial charge is 0.305 e. The molecule has 0 aromatic carbocycles. The predicted octanol–water partition coefficient (Wildman–Crippen LogP) is 4.26. The fourth-order valence-electron chi connectivity index (χ4n) is 7.28. The maximum atomic E-state index is 17.1. The Morgan fingerprint density at radius 3 is 2.60 bits per heavy atom. The van der Waals surface area contributed by atoms with Gasteiger partial charge in [-0.1, -0.05) is 26.8 Å². The van der Waals surface area contributed by atoms with Crippen LogP contribution in [-0.2, 0) is 14.3 Å². The van der Waals surface area contributed by atoms with Gasteiger partial charge in [-0.2, -0.15) is 0 Å². The number of aliphatic hydroxyl groups is 1. The summed E-state index contributed by atoms with van der Waals surface area (Å²) in [5, 5.41) is 11.2. The summed E-state index contributed by atoms with van der Waals surface area (Å²) in [5.41, 5.74) is -3.57. The number of rotatable bonds is 2. The lowest BCUT2D eigenvalue weighted by Gasteiger charge is -2.62. The summed E-state index contributed by atoms with van der Waals surface area (Å²) in [4.78, 5) is 24.2. The first-order chi connectivity index (χ1) is 13.9. The van der Waals surface area contributed by atoms with Gasteiger partial charge in [0.25, 0.3) is 0 Å². The molecule has 0 saturated heterocycles. The predicted molar refractivity (Wildman–Crippen MR) is 108 cm³/mol. The molecular weight excluding hydrogens is 390 g/mol. The van der Waals surface area contributed by atoms with E-state index in [4.69, 9.17) is 4.74 Å². The molecule has 4 aliphatic carbocycles. The van der Waals surface area contributed by atoms with Crippen molar-refractivity contribution < 1.29 is 28.2 Å².